The largest absolute Gasteiger partial charge is 0.454 e. The maximum atomic E-state index is 5.38. The highest BCUT2D eigenvalue weighted by Crippen LogP contribution is 2.32. The predicted molar refractivity (Wildman–Crippen MR) is 80.2 cm³/mol. The molecule has 112 valence electrons. The molecule has 20 heavy (non-hydrogen) atoms. The first kappa shape index (κ1) is 15.4. The zero-order valence-electron chi connectivity index (χ0n) is 11.8. The summed E-state index contributed by atoms with van der Waals surface area (Å²) in [4.78, 5) is 0. The summed E-state index contributed by atoms with van der Waals surface area (Å²) in [6.07, 6.45) is 0. The van der Waals surface area contributed by atoms with E-state index in [9.17, 15) is 0 Å². The maximum Gasteiger partial charge on any atom is 0.231 e. The molecule has 6 heteroatoms. The molecule has 0 spiro atoms. The summed E-state index contributed by atoms with van der Waals surface area (Å²) in [6, 6.07) is 7.10. The molecule has 1 aromatic carbocycles. The van der Waals surface area contributed by atoms with E-state index in [2.05, 4.69) is 36.1 Å². The molecule has 2 heterocycles. The van der Waals surface area contributed by atoms with Crippen LogP contribution in [0.2, 0.25) is 0 Å². The van der Waals surface area contributed by atoms with Gasteiger partial charge in [0.25, 0.3) is 0 Å². The molecule has 0 aromatic heterocycles. The van der Waals surface area contributed by atoms with Gasteiger partial charge in [0.15, 0.2) is 11.5 Å². The molecule has 3 N–H and O–H groups in total. The van der Waals surface area contributed by atoms with E-state index in [1.807, 2.05) is 12.1 Å². The number of nitrogens with one attached hydrogen (secondary N) is 3. The highest BCUT2D eigenvalue weighted by molar-refractivity contribution is 5.85. The van der Waals surface area contributed by atoms with Gasteiger partial charge in [0.05, 0.1) is 0 Å². The molecule has 0 amide bonds. The molecule has 1 aromatic rings. The molecule has 0 bridgehead atoms. The average molecular weight is 300 g/mol. The van der Waals surface area contributed by atoms with Gasteiger partial charge in [0.2, 0.25) is 6.79 Å². The van der Waals surface area contributed by atoms with Crippen LogP contribution in [0.3, 0.4) is 0 Å². The van der Waals surface area contributed by atoms with Crippen LogP contribution in [0, 0.1) is 5.92 Å². The summed E-state index contributed by atoms with van der Waals surface area (Å²) < 4.78 is 10.7. The van der Waals surface area contributed by atoms with E-state index in [0.29, 0.717) is 24.8 Å². The lowest BCUT2D eigenvalue weighted by Gasteiger charge is -2.18. The van der Waals surface area contributed by atoms with E-state index in [1.165, 1.54) is 5.56 Å². The third-order valence-electron chi connectivity index (χ3n) is 3.97. The Labute approximate surface area is 125 Å². The van der Waals surface area contributed by atoms with Crippen LogP contribution in [0.1, 0.15) is 19.4 Å². The Morgan fingerprint density at radius 3 is 2.60 bits per heavy atom. The molecule has 0 saturated carbocycles. The van der Waals surface area contributed by atoms with Gasteiger partial charge in [0.1, 0.15) is 0 Å². The quantitative estimate of drug-likeness (QED) is 0.785. The number of hydrogen-bond acceptors (Lipinski definition) is 5. The van der Waals surface area contributed by atoms with Crippen LogP contribution >= 0.6 is 12.4 Å². The van der Waals surface area contributed by atoms with Crippen molar-refractivity contribution in [2.75, 3.05) is 13.3 Å². The second kappa shape index (κ2) is 6.63. The first-order chi connectivity index (χ1) is 9.24. The topological polar surface area (TPSA) is 54.5 Å². The van der Waals surface area contributed by atoms with Crippen molar-refractivity contribution in [1.82, 2.24) is 16.2 Å². The lowest BCUT2D eigenvalue weighted by Crippen LogP contribution is -2.33. The van der Waals surface area contributed by atoms with Crippen molar-refractivity contribution in [3.63, 3.8) is 0 Å². The summed E-state index contributed by atoms with van der Waals surface area (Å²) in [6.45, 7) is 6.61. The Morgan fingerprint density at radius 2 is 1.85 bits per heavy atom. The van der Waals surface area contributed by atoms with Gasteiger partial charge in [-0.15, -0.1) is 12.4 Å². The third kappa shape index (κ3) is 3.17. The highest BCUT2D eigenvalue weighted by Gasteiger charge is 2.28. The van der Waals surface area contributed by atoms with Gasteiger partial charge in [-0.2, -0.15) is 0 Å². The summed E-state index contributed by atoms with van der Waals surface area (Å²) in [5.41, 5.74) is 7.78. The molecule has 0 radical (unpaired) electrons. The number of hydrazine groups is 1. The number of hydrogen-bond donors (Lipinski definition) is 3. The highest BCUT2D eigenvalue weighted by atomic mass is 35.5. The van der Waals surface area contributed by atoms with E-state index in [-0.39, 0.29) is 12.4 Å². The zero-order valence-corrected chi connectivity index (χ0v) is 12.6. The first-order valence-corrected chi connectivity index (χ1v) is 6.84. The van der Waals surface area contributed by atoms with Crippen LogP contribution in [0.5, 0.6) is 11.5 Å². The van der Waals surface area contributed by atoms with E-state index < -0.39 is 0 Å². The minimum atomic E-state index is 0. The number of ether oxygens (including phenoxy) is 2. The van der Waals surface area contributed by atoms with Crippen LogP contribution in [-0.2, 0) is 6.54 Å². The molecule has 2 aliphatic heterocycles. The van der Waals surface area contributed by atoms with Crippen LogP contribution in [0.25, 0.3) is 0 Å². The van der Waals surface area contributed by atoms with Gasteiger partial charge >= 0.3 is 0 Å². The first-order valence-electron chi connectivity index (χ1n) is 6.84. The molecular formula is C14H22ClN3O2. The Balaban J connectivity index is 0.00000147. The maximum absolute atomic E-state index is 5.38. The van der Waals surface area contributed by atoms with E-state index >= 15 is 0 Å². The minimum absolute atomic E-state index is 0. The molecular weight excluding hydrogens is 278 g/mol. The second-order valence-corrected chi connectivity index (χ2v) is 5.35. The number of fused-ring (bicyclic) bond motifs is 1. The molecule has 2 aliphatic rings. The Kier molecular flexibility index (Phi) is 5.10. The van der Waals surface area contributed by atoms with Gasteiger partial charge < -0.3 is 14.8 Å². The second-order valence-electron chi connectivity index (χ2n) is 5.35. The predicted octanol–water partition coefficient (Wildman–Crippen LogP) is 1.43. The van der Waals surface area contributed by atoms with E-state index in [1.54, 1.807) is 0 Å². The van der Waals surface area contributed by atoms with E-state index in [0.717, 1.165) is 24.6 Å². The lowest BCUT2D eigenvalue weighted by atomic mass is 9.97. The van der Waals surface area contributed by atoms with Crippen LogP contribution in [0.4, 0.5) is 0 Å². The molecule has 1 fully saturated rings. The zero-order chi connectivity index (χ0) is 13.2. The number of rotatable bonds is 4. The standard InChI is InChI=1S/C14H21N3O2.ClH/c1-9-12(10(2)17-16-9)7-15-6-11-3-4-13-14(5-11)19-8-18-13;/h3-5,9-10,12,15-17H,6-8H2,1-2H3;1H. The average Bonchev–Trinajstić information content (AvgIpc) is 2.99. The van der Waals surface area contributed by atoms with Crippen molar-refractivity contribution in [3.05, 3.63) is 23.8 Å². The smallest absolute Gasteiger partial charge is 0.231 e. The van der Waals surface area contributed by atoms with Gasteiger partial charge in [-0.05, 0) is 31.5 Å². The normalized spacial score (nSPS) is 27.4. The van der Waals surface area contributed by atoms with Crippen molar-refractivity contribution >= 4 is 12.4 Å². The fraction of sp³-hybridized carbons (Fsp3) is 0.571. The monoisotopic (exact) mass is 299 g/mol. The lowest BCUT2D eigenvalue weighted by molar-refractivity contribution is 0.174. The Bertz CT molecular complexity index is 448. The molecule has 5 nitrogen and oxygen atoms in total. The summed E-state index contributed by atoms with van der Waals surface area (Å²) >= 11 is 0. The molecule has 0 aliphatic carbocycles. The van der Waals surface area contributed by atoms with Gasteiger partial charge in [-0.25, -0.2) is 0 Å². The Hall–Kier alpha value is -1.01. The van der Waals surface area contributed by atoms with Gasteiger partial charge in [-0.3, -0.25) is 10.9 Å². The van der Waals surface area contributed by atoms with Crippen molar-refractivity contribution in [2.45, 2.75) is 32.5 Å². The van der Waals surface area contributed by atoms with Gasteiger partial charge in [-0.1, -0.05) is 6.07 Å². The number of halogens is 1. The number of benzene rings is 1. The van der Waals surface area contributed by atoms with Crippen molar-refractivity contribution in [2.24, 2.45) is 5.92 Å². The van der Waals surface area contributed by atoms with E-state index in [4.69, 9.17) is 9.47 Å². The van der Waals surface area contributed by atoms with Gasteiger partial charge in [0, 0.05) is 31.1 Å². The molecule has 1 saturated heterocycles. The van der Waals surface area contributed by atoms with Crippen LogP contribution < -0.4 is 25.6 Å². The van der Waals surface area contributed by atoms with Crippen LogP contribution in [0.15, 0.2) is 18.2 Å². The summed E-state index contributed by atoms with van der Waals surface area (Å²) in [5, 5.41) is 3.52. The van der Waals surface area contributed by atoms with Crippen molar-refractivity contribution in [3.8, 4) is 11.5 Å². The minimum Gasteiger partial charge on any atom is -0.454 e. The third-order valence-corrected chi connectivity index (χ3v) is 3.97. The fourth-order valence-corrected chi connectivity index (χ4v) is 2.70. The van der Waals surface area contributed by atoms with Crippen LogP contribution in [-0.4, -0.2) is 25.4 Å². The molecule has 3 rings (SSSR count). The Morgan fingerprint density at radius 1 is 1.15 bits per heavy atom. The summed E-state index contributed by atoms with van der Waals surface area (Å²) in [7, 11) is 0. The van der Waals surface area contributed by atoms with Crippen molar-refractivity contribution < 1.29 is 9.47 Å². The fourth-order valence-electron chi connectivity index (χ4n) is 2.70. The summed E-state index contributed by atoms with van der Waals surface area (Å²) in [5.74, 6) is 2.30. The van der Waals surface area contributed by atoms with Crippen molar-refractivity contribution in [1.29, 1.82) is 0 Å². The molecule has 2 atom stereocenters. The SMILES string of the molecule is CC1NNC(C)C1CNCc1ccc2c(c1)OCO2.Cl. The molecule has 2 unspecified atom stereocenters.